The number of carbonyl (C=O) groups excluding carboxylic acids is 1. The number of anilines is 3. The summed E-state index contributed by atoms with van der Waals surface area (Å²) in [6.07, 6.45) is 9.22. The van der Waals surface area contributed by atoms with Gasteiger partial charge in [0, 0.05) is 12.1 Å². The van der Waals surface area contributed by atoms with E-state index in [1.54, 1.807) is 12.3 Å². The summed E-state index contributed by atoms with van der Waals surface area (Å²) >= 11 is 0. The van der Waals surface area contributed by atoms with Crippen molar-refractivity contribution in [2.45, 2.75) is 51.1 Å². The molecule has 3 aromatic heterocycles. The molecule has 12 heteroatoms. The minimum Gasteiger partial charge on any atom is -0.476 e. The number of carbonyl (C=O) groups is 1. The van der Waals surface area contributed by atoms with Crippen molar-refractivity contribution in [3.63, 3.8) is 0 Å². The fraction of sp³-hybridized carbons (Fsp3) is 0.409. The fourth-order valence-electron chi connectivity index (χ4n) is 3.84. The molecule has 2 atom stereocenters. The van der Waals surface area contributed by atoms with Crippen LogP contribution in [0.2, 0.25) is 0 Å². The van der Waals surface area contributed by atoms with Gasteiger partial charge in [-0.2, -0.15) is 0 Å². The minimum absolute atomic E-state index is 0.00204. The molecule has 0 radical (unpaired) electrons. The van der Waals surface area contributed by atoms with Crippen molar-refractivity contribution in [1.82, 2.24) is 25.0 Å². The van der Waals surface area contributed by atoms with Crippen LogP contribution in [0.3, 0.4) is 0 Å². The van der Waals surface area contributed by atoms with Crippen LogP contribution < -0.4 is 26.8 Å². The van der Waals surface area contributed by atoms with E-state index in [0.717, 1.165) is 38.2 Å². The van der Waals surface area contributed by atoms with E-state index in [1.807, 2.05) is 6.92 Å². The predicted molar refractivity (Wildman–Crippen MR) is 125 cm³/mol. The summed E-state index contributed by atoms with van der Waals surface area (Å²) < 4.78 is 22.0. The van der Waals surface area contributed by atoms with Gasteiger partial charge < -0.3 is 26.8 Å². The number of nitrogens with zero attached hydrogens (tertiary/aromatic N) is 5. The SMILES string of the molecule is CCCOc1ncc(Nc2nc(N[C@@H]3CCCC[C@@H]3N)c(F)cc2C(N)=O)cc1-n1ccnn1. The quantitative estimate of drug-likeness (QED) is 0.369. The molecule has 0 saturated heterocycles. The van der Waals surface area contributed by atoms with Crippen LogP contribution in [0.15, 0.2) is 30.7 Å². The summed E-state index contributed by atoms with van der Waals surface area (Å²) in [5, 5.41) is 14.0. The number of hydrogen-bond acceptors (Lipinski definition) is 9. The number of pyridine rings is 2. The average Bonchev–Trinajstić information content (AvgIpc) is 3.36. The van der Waals surface area contributed by atoms with Crippen LogP contribution in [0, 0.1) is 5.82 Å². The van der Waals surface area contributed by atoms with E-state index in [1.165, 1.54) is 17.1 Å². The Bertz CT molecular complexity index is 1140. The first kappa shape index (κ1) is 23.4. The van der Waals surface area contributed by atoms with E-state index in [0.29, 0.717) is 23.9 Å². The summed E-state index contributed by atoms with van der Waals surface area (Å²) in [7, 11) is 0. The molecule has 0 aliphatic heterocycles. The molecule has 4 rings (SSSR count). The third-order valence-corrected chi connectivity index (χ3v) is 5.59. The molecule has 0 bridgehead atoms. The largest absolute Gasteiger partial charge is 0.476 e. The van der Waals surface area contributed by atoms with Crippen LogP contribution >= 0.6 is 0 Å². The highest BCUT2D eigenvalue weighted by Crippen LogP contribution is 2.29. The van der Waals surface area contributed by atoms with E-state index in [2.05, 4.69) is 30.9 Å². The number of ether oxygens (including phenoxy) is 1. The summed E-state index contributed by atoms with van der Waals surface area (Å²) in [6.45, 7) is 2.47. The van der Waals surface area contributed by atoms with Gasteiger partial charge in [0.15, 0.2) is 11.6 Å². The van der Waals surface area contributed by atoms with Gasteiger partial charge in [-0.05, 0) is 31.4 Å². The zero-order chi connectivity index (χ0) is 24.1. The average molecular weight is 470 g/mol. The van der Waals surface area contributed by atoms with Crippen molar-refractivity contribution in [1.29, 1.82) is 0 Å². The molecule has 3 aromatic rings. The third kappa shape index (κ3) is 5.22. The van der Waals surface area contributed by atoms with E-state index in [9.17, 15) is 9.18 Å². The number of hydrogen-bond donors (Lipinski definition) is 4. The molecule has 6 N–H and O–H groups in total. The van der Waals surface area contributed by atoms with Gasteiger partial charge in [-0.1, -0.05) is 25.0 Å². The Balaban J connectivity index is 1.67. The van der Waals surface area contributed by atoms with Crippen molar-refractivity contribution in [3.05, 3.63) is 42.1 Å². The first-order chi connectivity index (χ1) is 16.5. The van der Waals surface area contributed by atoms with Gasteiger partial charge in [-0.3, -0.25) is 4.79 Å². The van der Waals surface area contributed by atoms with Crippen LogP contribution in [0.25, 0.3) is 5.69 Å². The maximum absolute atomic E-state index is 14.8. The molecule has 1 aliphatic carbocycles. The lowest BCUT2D eigenvalue weighted by atomic mass is 9.91. The van der Waals surface area contributed by atoms with Gasteiger partial charge in [0.05, 0.1) is 36.4 Å². The van der Waals surface area contributed by atoms with Gasteiger partial charge in [0.1, 0.15) is 11.5 Å². The lowest BCUT2D eigenvalue weighted by Crippen LogP contribution is -2.43. The number of nitrogens with one attached hydrogen (secondary N) is 2. The monoisotopic (exact) mass is 469 g/mol. The topological polar surface area (TPSA) is 159 Å². The molecular formula is C22H28FN9O2. The summed E-state index contributed by atoms with van der Waals surface area (Å²) in [6, 6.07) is 2.57. The Labute approximate surface area is 196 Å². The van der Waals surface area contributed by atoms with Crippen LogP contribution in [-0.2, 0) is 0 Å². The van der Waals surface area contributed by atoms with E-state index in [4.69, 9.17) is 16.2 Å². The number of aromatic nitrogens is 5. The normalized spacial score (nSPS) is 17.9. The second kappa shape index (κ2) is 10.4. The highest BCUT2D eigenvalue weighted by Gasteiger charge is 2.24. The summed E-state index contributed by atoms with van der Waals surface area (Å²) in [5.41, 5.74) is 12.6. The molecular weight excluding hydrogens is 441 g/mol. The smallest absolute Gasteiger partial charge is 0.252 e. The fourth-order valence-corrected chi connectivity index (χ4v) is 3.84. The van der Waals surface area contributed by atoms with Crippen molar-refractivity contribution in [2.24, 2.45) is 11.5 Å². The summed E-state index contributed by atoms with van der Waals surface area (Å²) in [4.78, 5) is 20.7. The summed E-state index contributed by atoms with van der Waals surface area (Å²) in [5.74, 6) is -1.03. The van der Waals surface area contributed by atoms with Gasteiger partial charge >= 0.3 is 0 Å². The number of primary amides is 1. The third-order valence-electron chi connectivity index (χ3n) is 5.59. The molecule has 0 spiro atoms. The predicted octanol–water partition coefficient (Wildman–Crippen LogP) is 2.51. The number of halogens is 1. The molecule has 11 nitrogen and oxygen atoms in total. The molecule has 1 saturated carbocycles. The maximum Gasteiger partial charge on any atom is 0.252 e. The van der Waals surface area contributed by atoms with Crippen LogP contribution in [-0.4, -0.2) is 49.6 Å². The minimum atomic E-state index is -0.817. The lowest BCUT2D eigenvalue weighted by Gasteiger charge is -2.30. The first-order valence-corrected chi connectivity index (χ1v) is 11.2. The van der Waals surface area contributed by atoms with Crippen molar-refractivity contribution < 1.29 is 13.9 Å². The van der Waals surface area contributed by atoms with Crippen molar-refractivity contribution >= 4 is 23.2 Å². The van der Waals surface area contributed by atoms with Crippen LogP contribution in [0.1, 0.15) is 49.4 Å². The van der Waals surface area contributed by atoms with E-state index < -0.39 is 11.7 Å². The zero-order valence-electron chi connectivity index (χ0n) is 18.9. The lowest BCUT2D eigenvalue weighted by molar-refractivity contribution is 0.100. The van der Waals surface area contributed by atoms with Crippen molar-refractivity contribution in [3.8, 4) is 11.6 Å². The maximum atomic E-state index is 14.8. The molecule has 180 valence electrons. The molecule has 1 fully saturated rings. The van der Waals surface area contributed by atoms with Gasteiger partial charge in [-0.25, -0.2) is 19.0 Å². The Morgan fingerprint density at radius 3 is 2.82 bits per heavy atom. The number of nitrogens with two attached hydrogens (primary N) is 2. The zero-order valence-corrected chi connectivity index (χ0v) is 18.9. The second-order valence-corrected chi connectivity index (χ2v) is 8.15. The van der Waals surface area contributed by atoms with Gasteiger partial charge in [0.2, 0.25) is 5.88 Å². The molecule has 0 aromatic carbocycles. The highest BCUT2D eigenvalue weighted by atomic mass is 19.1. The molecule has 34 heavy (non-hydrogen) atoms. The van der Waals surface area contributed by atoms with Crippen molar-refractivity contribution in [2.75, 3.05) is 17.2 Å². The number of amides is 1. The molecule has 1 amide bonds. The Hall–Kier alpha value is -3.80. The van der Waals surface area contributed by atoms with Crippen LogP contribution in [0.4, 0.5) is 21.7 Å². The number of rotatable bonds is 9. The molecule has 3 heterocycles. The Morgan fingerprint density at radius 1 is 1.29 bits per heavy atom. The molecule has 1 aliphatic rings. The highest BCUT2D eigenvalue weighted by molar-refractivity contribution is 5.98. The van der Waals surface area contributed by atoms with Gasteiger partial charge in [0.25, 0.3) is 5.91 Å². The van der Waals surface area contributed by atoms with Crippen LogP contribution in [0.5, 0.6) is 5.88 Å². The van der Waals surface area contributed by atoms with Gasteiger partial charge in [-0.15, -0.1) is 5.10 Å². The standard InChI is InChI=1S/C22H28FN9O2/c1-2-9-34-22-18(32-8-7-27-31-32)10-13(12-26-22)28-20-14(19(25)33)11-15(23)21(30-20)29-17-6-4-3-5-16(17)24/h7-8,10-12,16-17H,2-6,9,24H2,1H3,(H2,25,33)(H2,28,29,30)/t16-,17+/m0/s1. The second-order valence-electron chi connectivity index (χ2n) is 8.15. The van der Waals surface area contributed by atoms with E-state index in [-0.39, 0.29) is 29.3 Å². The molecule has 0 unspecified atom stereocenters. The Kier molecular flexibility index (Phi) is 7.16. The van der Waals surface area contributed by atoms with E-state index >= 15 is 0 Å². The Morgan fingerprint density at radius 2 is 2.12 bits per heavy atom. The first-order valence-electron chi connectivity index (χ1n) is 11.2.